The van der Waals surface area contributed by atoms with E-state index in [4.69, 9.17) is 14.0 Å². The van der Waals surface area contributed by atoms with Crippen molar-refractivity contribution in [3.63, 3.8) is 0 Å². The maximum atomic E-state index is 13.1. The van der Waals surface area contributed by atoms with Crippen molar-refractivity contribution >= 4 is 28.2 Å². The third kappa shape index (κ3) is 2.12. The minimum atomic E-state index is -2.35. The molecule has 2 N–H and O–H groups in total. The Morgan fingerprint density at radius 2 is 2.29 bits per heavy atom. The Kier molecular flexibility index (Phi) is 1.84. The lowest BCUT2D eigenvalue weighted by atomic mass is 9.92. The highest BCUT2D eigenvalue weighted by atomic mass is 16.2. The first-order valence-electron chi connectivity index (χ1n) is 9.33. The summed E-state index contributed by atoms with van der Waals surface area (Å²) < 4.78 is 47.2. The molecule has 1 aliphatic rings. The third-order valence-corrected chi connectivity index (χ3v) is 3.36. The molecule has 1 aliphatic carbocycles. The van der Waals surface area contributed by atoms with Gasteiger partial charge < -0.3 is 5.73 Å². The molecule has 1 atom stereocenters. The topological polar surface area (TPSA) is 95.0 Å². The largest absolute Gasteiger partial charge is 0.398 e. The lowest BCUT2D eigenvalue weighted by Crippen LogP contribution is -2.36. The molecule has 1 unspecified atom stereocenters. The third-order valence-electron chi connectivity index (χ3n) is 3.36. The van der Waals surface area contributed by atoms with Crippen molar-refractivity contribution in [2.75, 3.05) is 5.73 Å². The van der Waals surface area contributed by atoms with Crippen molar-refractivity contribution in [1.29, 1.82) is 0 Å². The number of anilines is 1. The number of fused-ring (bicyclic) bond motifs is 1. The number of hydrogen-bond donors (Lipinski definition) is 1. The van der Waals surface area contributed by atoms with Gasteiger partial charge in [0.05, 0.1) is 26.1 Å². The second-order valence-electron chi connectivity index (χ2n) is 4.68. The van der Waals surface area contributed by atoms with Gasteiger partial charge in [-0.3, -0.25) is 19.0 Å². The number of nitrogen functional groups attached to an aromatic ring is 1. The molecule has 1 heterocycles. The molecule has 0 radical (unpaired) electrons. The standard InChI is InChI=1S/C15H15N3O3/c1-8-17-11-4-2-3-10(16)14(11)15(21)18(8)12-6-5-9(19)7-13(12)20/h2-4,12H,5-7,16H2,1H3/i1D2,3D,4D,5D2. The second kappa shape index (κ2) is 4.80. The number of hydrogen-bond acceptors (Lipinski definition) is 5. The molecule has 21 heavy (non-hydrogen) atoms. The number of carbonyl (C=O) groups excluding carboxylic acids is 2. The number of rotatable bonds is 1. The number of nitrogens with zero attached hydrogens (tertiary/aromatic N) is 2. The van der Waals surface area contributed by atoms with E-state index in [1.54, 1.807) is 0 Å². The van der Waals surface area contributed by atoms with Gasteiger partial charge in [0.1, 0.15) is 11.6 Å². The van der Waals surface area contributed by atoms with Crippen molar-refractivity contribution in [1.82, 2.24) is 9.55 Å². The first kappa shape index (κ1) is 8.07. The molecule has 1 aromatic heterocycles. The number of benzene rings is 1. The van der Waals surface area contributed by atoms with Crippen LogP contribution in [-0.2, 0) is 9.59 Å². The summed E-state index contributed by atoms with van der Waals surface area (Å²) in [6.07, 6.45) is -3.71. The van der Waals surface area contributed by atoms with E-state index in [0.29, 0.717) is 0 Å². The highest BCUT2D eigenvalue weighted by molar-refractivity contribution is 6.03. The summed E-state index contributed by atoms with van der Waals surface area (Å²) in [6, 6.07) is -0.946. The van der Waals surface area contributed by atoms with Gasteiger partial charge in [-0.05, 0) is 25.4 Å². The zero-order chi connectivity index (χ0) is 20.3. The Labute approximate surface area is 129 Å². The van der Waals surface area contributed by atoms with Crippen molar-refractivity contribution in [3.05, 3.63) is 34.3 Å². The Morgan fingerprint density at radius 3 is 3.05 bits per heavy atom. The van der Waals surface area contributed by atoms with Crippen molar-refractivity contribution < 1.29 is 17.8 Å². The summed E-state index contributed by atoms with van der Waals surface area (Å²) in [5.41, 5.74) is 4.38. The van der Waals surface area contributed by atoms with Gasteiger partial charge in [-0.15, -0.1) is 0 Å². The normalized spacial score (nSPS) is 25.9. The molecule has 0 amide bonds. The maximum absolute atomic E-state index is 13.1. The van der Waals surface area contributed by atoms with Crippen molar-refractivity contribution in [3.8, 4) is 0 Å². The van der Waals surface area contributed by atoms with Gasteiger partial charge in [-0.25, -0.2) is 4.98 Å². The first-order valence-corrected chi connectivity index (χ1v) is 6.18. The summed E-state index contributed by atoms with van der Waals surface area (Å²) in [7, 11) is 0. The number of aromatic nitrogens is 2. The molecule has 1 fully saturated rings. The Hall–Kier alpha value is -2.50. The summed E-state index contributed by atoms with van der Waals surface area (Å²) in [6.45, 7) is -1.81. The van der Waals surface area contributed by atoms with Crippen LogP contribution in [0.2, 0.25) is 0 Å². The van der Waals surface area contributed by atoms with Gasteiger partial charge in [0.2, 0.25) is 0 Å². The zero-order valence-electron chi connectivity index (χ0n) is 16.8. The summed E-state index contributed by atoms with van der Waals surface area (Å²) in [4.78, 5) is 41.1. The van der Waals surface area contributed by atoms with E-state index in [1.807, 2.05) is 0 Å². The van der Waals surface area contributed by atoms with E-state index in [0.717, 1.165) is 10.6 Å². The van der Waals surface area contributed by atoms with E-state index in [2.05, 4.69) is 4.98 Å². The highest BCUT2D eigenvalue weighted by Gasteiger charge is 2.30. The molecule has 1 saturated carbocycles. The number of carbonyl (C=O) groups is 2. The molecule has 0 saturated heterocycles. The maximum Gasteiger partial charge on any atom is 0.264 e. The van der Waals surface area contributed by atoms with Crippen LogP contribution in [0.3, 0.4) is 0 Å². The van der Waals surface area contributed by atoms with E-state index in [1.165, 1.54) is 0 Å². The fourth-order valence-electron chi connectivity index (χ4n) is 2.35. The van der Waals surface area contributed by atoms with Crippen LogP contribution in [0.25, 0.3) is 10.9 Å². The van der Waals surface area contributed by atoms with Crippen LogP contribution in [0.5, 0.6) is 0 Å². The van der Waals surface area contributed by atoms with E-state index in [9.17, 15) is 14.4 Å². The molecular formula is C15H15N3O3. The summed E-state index contributed by atoms with van der Waals surface area (Å²) in [5, 5.41) is -0.304. The molecule has 1 aromatic carbocycles. The number of aryl methyl sites for hydroxylation is 1. The molecule has 0 aliphatic heterocycles. The monoisotopic (exact) mass is 291 g/mol. The summed E-state index contributed by atoms with van der Waals surface area (Å²) >= 11 is 0. The number of nitrogens with two attached hydrogens (primary N) is 1. The molecule has 3 rings (SSSR count). The Balaban J connectivity index is 2.38. The van der Waals surface area contributed by atoms with Gasteiger partial charge in [-0.1, -0.05) is 6.07 Å². The molecule has 2 aromatic rings. The molecule has 6 heteroatoms. The molecular weight excluding hydrogens is 270 g/mol. The van der Waals surface area contributed by atoms with Gasteiger partial charge in [0.15, 0.2) is 5.78 Å². The lowest BCUT2D eigenvalue weighted by molar-refractivity contribution is -0.132. The molecule has 0 bridgehead atoms. The fourth-order valence-corrected chi connectivity index (χ4v) is 2.35. The Morgan fingerprint density at radius 1 is 1.48 bits per heavy atom. The van der Waals surface area contributed by atoms with Gasteiger partial charge in [0.25, 0.3) is 5.56 Å². The van der Waals surface area contributed by atoms with Crippen LogP contribution in [0, 0.1) is 6.88 Å². The quantitative estimate of drug-likeness (QED) is 0.628. The second-order valence-corrected chi connectivity index (χ2v) is 4.68. The van der Waals surface area contributed by atoms with Crippen LogP contribution < -0.4 is 11.3 Å². The minimum Gasteiger partial charge on any atom is -0.398 e. The summed E-state index contributed by atoms with van der Waals surface area (Å²) in [5.74, 6) is -2.09. The van der Waals surface area contributed by atoms with E-state index < -0.39 is 55.1 Å². The molecule has 0 spiro atoms. The Bertz CT molecular complexity index is 1050. The zero-order valence-corrected chi connectivity index (χ0v) is 10.8. The molecule has 108 valence electrons. The van der Waals surface area contributed by atoms with Crippen LogP contribution in [-0.4, -0.2) is 21.1 Å². The van der Waals surface area contributed by atoms with Gasteiger partial charge >= 0.3 is 0 Å². The highest BCUT2D eigenvalue weighted by Crippen LogP contribution is 2.24. The average molecular weight is 291 g/mol. The van der Waals surface area contributed by atoms with Gasteiger partial charge in [0, 0.05) is 17.5 Å². The van der Waals surface area contributed by atoms with E-state index >= 15 is 0 Å². The minimum absolute atomic E-state index is 0.202. The first-order chi connectivity index (χ1) is 12.5. The SMILES string of the molecule is [2H]c1cc([2H])c2nc(C([2H])[2H])n(C3CC([2H])([2H])C(=O)CC3=O)c(=O)c2c1N. The van der Waals surface area contributed by atoms with Crippen molar-refractivity contribution in [2.24, 2.45) is 0 Å². The lowest BCUT2D eigenvalue weighted by Gasteiger charge is -2.24. The predicted molar refractivity (Wildman–Crippen MR) is 78.1 cm³/mol. The van der Waals surface area contributed by atoms with Crippen molar-refractivity contribution in [2.45, 2.75) is 32.1 Å². The van der Waals surface area contributed by atoms with E-state index in [-0.39, 0.29) is 28.7 Å². The number of ketones is 2. The smallest absolute Gasteiger partial charge is 0.264 e. The fraction of sp³-hybridized carbons (Fsp3) is 0.333. The van der Waals surface area contributed by atoms with Crippen LogP contribution in [0.15, 0.2) is 22.9 Å². The van der Waals surface area contributed by atoms with Crippen LogP contribution in [0.1, 0.15) is 39.3 Å². The van der Waals surface area contributed by atoms with Gasteiger partial charge in [-0.2, -0.15) is 0 Å². The average Bonchev–Trinajstić information content (AvgIpc) is 2.56. The predicted octanol–water partition coefficient (Wildman–Crippen LogP) is 1.15. The van der Waals surface area contributed by atoms with Crippen LogP contribution in [0.4, 0.5) is 5.69 Å². The van der Waals surface area contributed by atoms with Crippen LogP contribution >= 0.6 is 0 Å². The number of Topliss-reactive ketones (excluding diaryl/α,β-unsaturated/α-hetero) is 2. The molecule has 6 nitrogen and oxygen atoms in total.